The van der Waals surface area contributed by atoms with E-state index in [1.807, 2.05) is 13.0 Å². The zero-order valence-corrected chi connectivity index (χ0v) is 20.3. The first kappa shape index (κ1) is 25.0. The van der Waals surface area contributed by atoms with Crippen LogP contribution in [0.4, 0.5) is 5.69 Å². The number of hydrogen-bond acceptors (Lipinski definition) is 7. The fourth-order valence-corrected chi connectivity index (χ4v) is 3.81. The number of anilines is 1. The Morgan fingerprint density at radius 2 is 1.71 bits per heavy atom. The Balaban J connectivity index is 1.56. The van der Waals surface area contributed by atoms with Gasteiger partial charge in [-0.05, 0) is 51.1 Å². The summed E-state index contributed by atoms with van der Waals surface area (Å²) in [5, 5.41) is 14.5. The van der Waals surface area contributed by atoms with Gasteiger partial charge in [0.05, 0.1) is 23.5 Å². The average Bonchev–Trinajstić information content (AvgIpc) is 3.18. The van der Waals surface area contributed by atoms with Crippen LogP contribution in [-0.4, -0.2) is 44.4 Å². The number of carbonyl (C=O) groups is 3. The van der Waals surface area contributed by atoms with Crippen molar-refractivity contribution < 1.29 is 19.1 Å². The third-order valence-corrected chi connectivity index (χ3v) is 5.72. The van der Waals surface area contributed by atoms with Gasteiger partial charge in [-0.1, -0.05) is 36.0 Å². The van der Waals surface area contributed by atoms with Crippen molar-refractivity contribution in [1.82, 2.24) is 20.1 Å². The highest BCUT2D eigenvalue weighted by Gasteiger charge is 2.19. The molecule has 0 saturated carbocycles. The number of carbonyl (C=O) groups excluding carboxylic acids is 3. The number of hydrogen-bond donors (Lipinski definition) is 2. The number of amides is 2. The highest BCUT2D eigenvalue weighted by molar-refractivity contribution is 7.99. The van der Waals surface area contributed by atoms with Crippen LogP contribution in [-0.2, 0) is 16.6 Å². The van der Waals surface area contributed by atoms with E-state index >= 15 is 0 Å². The molecule has 9 nitrogen and oxygen atoms in total. The molecule has 2 amide bonds. The first-order chi connectivity index (χ1) is 16.2. The molecular weight excluding hydrogens is 454 g/mol. The quantitative estimate of drug-likeness (QED) is 0.354. The van der Waals surface area contributed by atoms with Gasteiger partial charge in [0, 0.05) is 18.3 Å². The lowest BCUT2D eigenvalue weighted by molar-refractivity contribution is -0.113. The van der Waals surface area contributed by atoms with E-state index in [1.165, 1.54) is 11.8 Å². The predicted octanol–water partition coefficient (Wildman–Crippen LogP) is 3.60. The molecule has 0 saturated heterocycles. The molecule has 0 fully saturated rings. The van der Waals surface area contributed by atoms with Crippen molar-refractivity contribution in [1.29, 1.82) is 0 Å². The fraction of sp³-hybridized carbons (Fsp3) is 0.292. The van der Waals surface area contributed by atoms with Crippen LogP contribution in [0.1, 0.15) is 53.4 Å². The maximum atomic E-state index is 12.4. The Morgan fingerprint density at radius 3 is 2.41 bits per heavy atom. The van der Waals surface area contributed by atoms with E-state index in [1.54, 1.807) is 74.0 Å². The highest BCUT2D eigenvalue weighted by Crippen LogP contribution is 2.20. The zero-order valence-electron chi connectivity index (χ0n) is 19.4. The molecule has 0 spiro atoms. The Labute approximate surface area is 202 Å². The zero-order chi connectivity index (χ0) is 24.7. The molecule has 1 heterocycles. The van der Waals surface area contributed by atoms with Gasteiger partial charge in [-0.25, -0.2) is 4.79 Å². The minimum absolute atomic E-state index is 0.0946. The summed E-state index contributed by atoms with van der Waals surface area (Å²) >= 11 is 1.22. The van der Waals surface area contributed by atoms with Crippen LogP contribution < -0.4 is 10.6 Å². The van der Waals surface area contributed by atoms with Crippen molar-refractivity contribution in [3.8, 4) is 0 Å². The molecule has 0 aliphatic carbocycles. The van der Waals surface area contributed by atoms with Crippen molar-refractivity contribution in [2.24, 2.45) is 7.05 Å². The maximum absolute atomic E-state index is 12.4. The molecule has 34 heavy (non-hydrogen) atoms. The third-order valence-electron chi connectivity index (χ3n) is 4.70. The number of ether oxygens (including phenoxy) is 1. The Kier molecular flexibility index (Phi) is 8.42. The normalized spacial score (nSPS) is 11.7. The standard InChI is InChI=1S/C24H27N5O4S/c1-15(2)33-23(32)18-11-8-12-19(13-18)26-20(30)14-34-24-28-27-21(29(24)4)16(3)25-22(31)17-9-6-5-7-10-17/h5-13,15-16H,14H2,1-4H3,(H,25,31)(H,26,30)/t16-/m1/s1. The first-order valence-electron chi connectivity index (χ1n) is 10.7. The smallest absolute Gasteiger partial charge is 0.338 e. The molecule has 178 valence electrons. The molecule has 1 aromatic heterocycles. The van der Waals surface area contributed by atoms with Gasteiger partial charge < -0.3 is 19.9 Å². The summed E-state index contributed by atoms with van der Waals surface area (Å²) in [6.45, 7) is 5.37. The van der Waals surface area contributed by atoms with Crippen molar-refractivity contribution in [2.75, 3.05) is 11.1 Å². The van der Waals surface area contributed by atoms with Crippen LogP contribution in [0.2, 0.25) is 0 Å². The van der Waals surface area contributed by atoms with Gasteiger partial charge in [-0.15, -0.1) is 10.2 Å². The number of esters is 1. The summed E-state index contributed by atoms with van der Waals surface area (Å²) in [4.78, 5) is 36.9. The molecule has 0 unspecified atom stereocenters. The van der Waals surface area contributed by atoms with Crippen molar-refractivity contribution in [3.63, 3.8) is 0 Å². The second-order valence-electron chi connectivity index (χ2n) is 7.83. The SMILES string of the molecule is CC(C)OC(=O)c1cccc(NC(=O)CSc2nnc([C@@H](C)NC(=O)c3ccccc3)n2C)c1. The number of aromatic nitrogens is 3. The Morgan fingerprint density at radius 1 is 1.00 bits per heavy atom. The van der Waals surface area contributed by atoms with E-state index in [-0.39, 0.29) is 29.7 Å². The van der Waals surface area contributed by atoms with E-state index < -0.39 is 5.97 Å². The lowest BCUT2D eigenvalue weighted by Crippen LogP contribution is -2.28. The number of nitrogens with one attached hydrogen (secondary N) is 2. The van der Waals surface area contributed by atoms with Gasteiger partial charge in [0.25, 0.3) is 5.91 Å². The molecule has 1 atom stereocenters. The molecule has 0 bridgehead atoms. The fourth-order valence-electron chi connectivity index (χ4n) is 3.10. The van der Waals surface area contributed by atoms with Crippen molar-refractivity contribution >= 4 is 35.2 Å². The first-order valence-corrected chi connectivity index (χ1v) is 11.7. The van der Waals surface area contributed by atoms with E-state index in [0.29, 0.717) is 27.8 Å². The van der Waals surface area contributed by atoms with Crippen LogP contribution in [0.5, 0.6) is 0 Å². The molecule has 0 radical (unpaired) electrons. The van der Waals surface area contributed by atoms with Gasteiger partial charge in [0.15, 0.2) is 11.0 Å². The molecular formula is C24H27N5O4S. The summed E-state index contributed by atoms with van der Waals surface area (Å²) in [5.74, 6) is -0.236. The van der Waals surface area contributed by atoms with Gasteiger partial charge in [0.1, 0.15) is 0 Å². The van der Waals surface area contributed by atoms with E-state index in [2.05, 4.69) is 20.8 Å². The minimum Gasteiger partial charge on any atom is -0.459 e. The van der Waals surface area contributed by atoms with Gasteiger partial charge >= 0.3 is 5.97 Å². The van der Waals surface area contributed by atoms with E-state index in [4.69, 9.17) is 4.74 Å². The maximum Gasteiger partial charge on any atom is 0.338 e. The summed E-state index contributed by atoms with van der Waals surface area (Å²) in [5.41, 5.74) is 1.42. The largest absolute Gasteiger partial charge is 0.459 e. The van der Waals surface area contributed by atoms with Crippen LogP contribution >= 0.6 is 11.8 Å². The second kappa shape index (κ2) is 11.5. The summed E-state index contributed by atoms with van der Waals surface area (Å²) in [7, 11) is 1.78. The molecule has 0 aliphatic rings. The summed E-state index contributed by atoms with van der Waals surface area (Å²) in [6, 6.07) is 15.1. The average molecular weight is 482 g/mol. The number of rotatable bonds is 9. The summed E-state index contributed by atoms with van der Waals surface area (Å²) < 4.78 is 6.93. The molecule has 2 N–H and O–H groups in total. The molecule has 10 heteroatoms. The second-order valence-corrected chi connectivity index (χ2v) is 8.78. The van der Waals surface area contributed by atoms with Crippen LogP contribution in [0.25, 0.3) is 0 Å². The molecule has 3 rings (SSSR count). The molecule has 3 aromatic rings. The summed E-state index contributed by atoms with van der Waals surface area (Å²) in [6.07, 6.45) is -0.229. The van der Waals surface area contributed by atoms with E-state index in [9.17, 15) is 14.4 Å². The van der Waals surface area contributed by atoms with Gasteiger partial charge in [-0.3, -0.25) is 9.59 Å². The van der Waals surface area contributed by atoms with Crippen LogP contribution in [0.15, 0.2) is 59.8 Å². The topological polar surface area (TPSA) is 115 Å². The molecule has 2 aromatic carbocycles. The van der Waals surface area contributed by atoms with Gasteiger partial charge in [0.2, 0.25) is 5.91 Å². The lowest BCUT2D eigenvalue weighted by Gasteiger charge is -2.13. The lowest BCUT2D eigenvalue weighted by atomic mass is 10.2. The van der Waals surface area contributed by atoms with Crippen LogP contribution in [0, 0.1) is 0 Å². The van der Waals surface area contributed by atoms with Gasteiger partial charge in [-0.2, -0.15) is 0 Å². The Bertz CT molecular complexity index is 1160. The van der Waals surface area contributed by atoms with Crippen LogP contribution in [0.3, 0.4) is 0 Å². The highest BCUT2D eigenvalue weighted by atomic mass is 32.2. The Hall–Kier alpha value is -3.66. The molecule has 0 aliphatic heterocycles. The number of benzene rings is 2. The minimum atomic E-state index is -0.444. The third kappa shape index (κ3) is 6.67. The van der Waals surface area contributed by atoms with E-state index in [0.717, 1.165) is 0 Å². The van der Waals surface area contributed by atoms with Crippen molar-refractivity contribution in [3.05, 3.63) is 71.5 Å². The van der Waals surface area contributed by atoms with Crippen molar-refractivity contribution in [2.45, 2.75) is 38.1 Å². The number of nitrogens with zero attached hydrogens (tertiary/aromatic N) is 3. The monoisotopic (exact) mass is 481 g/mol. The predicted molar refractivity (Wildman–Crippen MR) is 130 cm³/mol. The number of thioether (sulfide) groups is 1.